The van der Waals surface area contributed by atoms with Crippen molar-refractivity contribution in [3.05, 3.63) is 18.2 Å². The molecule has 0 aromatic carbocycles. The number of carbonyl (C=O) groups excluding carboxylic acids is 2. The predicted molar refractivity (Wildman–Crippen MR) is 75.1 cm³/mol. The number of nitrogens with zero attached hydrogens (tertiary/aromatic N) is 4. The molecule has 0 N–H and O–H groups in total. The first-order valence-corrected chi connectivity index (χ1v) is 7.45. The summed E-state index contributed by atoms with van der Waals surface area (Å²) in [4.78, 5) is 34.2. The number of piperidine rings is 1. The van der Waals surface area contributed by atoms with Crippen molar-refractivity contribution < 1.29 is 23.5 Å². The summed E-state index contributed by atoms with van der Waals surface area (Å²) in [6.45, 7) is 1.77. The van der Waals surface area contributed by atoms with Crippen molar-refractivity contribution >= 4 is 12.0 Å². The molecule has 3 rings (SSSR count). The molecule has 0 bridgehead atoms. The van der Waals surface area contributed by atoms with Crippen LogP contribution in [-0.4, -0.2) is 70.7 Å². The zero-order valence-corrected chi connectivity index (χ0v) is 12.5. The number of cyclic esters (lactones) is 1. The first kappa shape index (κ1) is 15.4. The molecular formula is C14H17FN4O4. The quantitative estimate of drug-likeness (QED) is 0.799. The molecule has 1 atom stereocenters. The highest BCUT2D eigenvalue weighted by molar-refractivity contribution is 5.83. The Morgan fingerprint density at radius 1 is 1.39 bits per heavy atom. The van der Waals surface area contributed by atoms with Crippen molar-refractivity contribution in [3.63, 3.8) is 0 Å². The second-order valence-corrected chi connectivity index (χ2v) is 5.44. The third-order valence-electron chi connectivity index (χ3n) is 3.77. The summed E-state index contributed by atoms with van der Waals surface area (Å²) in [7, 11) is 0. The lowest BCUT2D eigenvalue weighted by atomic mass is 10.1. The van der Waals surface area contributed by atoms with Gasteiger partial charge < -0.3 is 14.4 Å². The molecule has 2 aliphatic rings. The van der Waals surface area contributed by atoms with Gasteiger partial charge in [-0.1, -0.05) is 0 Å². The van der Waals surface area contributed by atoms with Crippen LogP contribution in [0.3, 0.4) is 0 Å². The zero-order valence-electron chi connectivity index (χ0n) is 12.5. The van der Waals surface area contributed by atoms with Crippen LogP contribution in [-0.2, 0) is 9.53 Å². The number of rotatable bonds is 4. The summed E-state index contributed by atoms with van der Waals surface area (Å²) in [6.07, 6.45) is 2.91. The van der Waals surface area contributed by atoms with Crippen molar-refractivity contribution in [2.45, 2.75) is 18.9 Å². The maximum Gasteiger partial charge on any atom is 0.410 e. The van der Waals surface area contributed by atoms with Crippen LogP contribution in [0.25, 0.3) is 0 Å². The van der Waals surface area contributed by atoms with Gasteiger partial charge in [-0.25, -0.2) is 19.2 Å². The molecule has 0 radical (unpaired) electrons. The third kappa shape index (κ3) is 3.85. The molecule has 0 spiro atoms. The van der Waals surface area contributed by atoms with Crippen LogP contribution in [0.4, 0.5) is 9.18 Å². The Balaban J connectivity index is 1.54. The van der Waals surface area contributed by atoms with E-state index in [0.29, 0.717) is 26.2 Å². The first-order chi connectivity index (χ1) is 11.1. The van der Waals surface area contributed by atoms with Gasteiger partial charge >= 0.3 is 12.1 Å². The van der Waals surface area contributed by atoms with Crippen LogP contribution in [0.1, 0.15) is 12.8 Å². The lowest BCUT2D eigenvalue weighted by molar-refractivity contribution is -0.134. The number of hydrogen-bond acceptors (Lipinski definition) is 6. The maximum atomic E-state index is 12.8. The average molecular weight is 324 g/mol. The summed E-state index contributed by atoms with van der Waals surface area (Å²) < 4.78 is 23.2. The second kappa shape index (κ2) is 6.76. The average Bonchev–Trinajstić information content (AvgIpc) is 2.95. The molecule has 0 aliphatic carbocycles. The van der Waals surface area contributed by atoms with Gasteiger partial charge in [0.1, 0.15) is 19.3 Å². The predicted octanol–water partition coefficient (Wildman–Crippen LogP) is 0.438. The van der Waals surface area contributed by atoms with E-state index in [9.17, 15) is 14.0 Å². The number of hydrogen-bond donors (Lipinski definition) is 0. The topological polar surface area (TPSA) is 84.9 Å². The standard InChI is InChI=1S/C14H17FN4O4/c15-10-6-16-13(17-7-10)23-11-2-1-3-18(8-11)12(20)9-19-4-5-22-14(19)21/h6-7,11H,1-5,8-9H2/t11-/m0/s1. The van der Waals surface area contributed by atoms with Crippen molar-refractivity contribution in [1.29, 1.82) is 0 Å². The minimum Gasteiger partial charge on any atom is -0.458 e. The van der Waals surface area contributed by atoms with Crippen molar-refractivity contribution in [3.8, 4) is 6.01 Å². The largest absolute Gasteiger partial charge is 0.458 e. The molecule has 9 heteroatoms. The number of amides is 2. The highest BCUT2D eigenvalue weighted by Crippen LogP contribution is 2.16. The van der Waals surface area contributed by atoms with E-state index in [0.717, 1.165) is 25.2 Å². The Kier molecular flexibility index (Phi) is 4.54. The second-order valence-electron chi connectivity index (χ2n) is 5.44. The molecule has 0 saturated carbocycles. The van der Waals surface area contributed by atoms with E-state index in [4.69, 9.17) is 9.47 Å². The summed E-state index contributed by atoms with van der Waals surface area (Å²) >= 11 is 0. The smallest absolute Gasteiger partial charge is 0.410 e. The van der Waals surface area contributed by atoms with E-state index < -0.39 is 11.9 Å². The number of halogens is 1. The molecule has 3 heterocycles. The lowest BCUT2D eigenvalue weighted by Gasteiger charge is -2.33. The van der Waals surface area contributed by atoms with Crippen LogP contribution in [0.15, 0.2) is 12.4 Å². The molecule has 0 unspecified atom stereocenters. The van der Waals surface area contributed by atoms with Crippen LogP contribution in [0, 0.1) is 5.82 Å². The van der Waals surface area contributed by atoms with E-state index in [2.05, 4.69) is 9.97 Å². The minimum absolute atomic E-state index is 0.0125. The monoisotopic (exact) mass is 324 g/mol. The van der Waals surface area contributed by atoms with Gasteiger partial charge in [-0.2, -0.15) is 0 Å². The molecule has 8 nitrogen and oxygen atoms in total. The molecule has 2 fully saturated rings. The van der Waals surface area contributed by atoms with Crippen LogP contribution in [0.2, 0.25) is 0 Å². The van der Waals surface area contributed by atoms with Gasteiger partial charge in [-0.05, 0) is 12.8 Å². The summed E-state index contributed by atoms with van der Waals surface area (Å²) in [5.41, 5.74) is 0. The summed E-state index contributed by atoms with van der Waals surface area (Å²) in [6, 6.07) is 0.0915. The molecule has 23 heavy (non-hydrogen) atoms. The maximum absolute atomic E-state index is 12.8. The third-order valence-corrected chi connectivity index (χ3v) is 3.77. The van der Waals surface area contributed by atoms with Gasteiger partial charge in [0.05, 0.1) is 25.5 Å². The normalized spacial score (nSPS) is 21.3. The highest BCUT2D eigenvalue weighted by Gasteiger charge is 2.30. The summed E-state index contributed by atoms with van der Waals surface area (Å²) in [5.74, 6) is -0.674. The Morgan fingerprint density at radius 3 is 2.87 bits per heavy atom. The molecule has 2 saturated heterocycles. The molecule has 124 valence electrons. The Labute approximate surface area is 132 Å². The zero-order chi connectivity index (χ0) is 16.2. The number of ether oxygens (including phenoxy) is 2. The van der Waals surface area contributed by atoms with Gasteiger partial charge in [-0.15, -0.1) is 0 Å². The van der Waals surface area contributed by atoms with E-state index in [1.165, 1.54) is 4.90 Å². The minimum atomic E-state index is -0.532. The lowest BCUT2D eigenvalue weighted by Crippen LogP contribution is -2.48. The van der Waals surface area contributed by atoms with E-state index in [1.54, 1.807) is 4.90 Å². The van der Waals surface area contributed by atoms with Gasteiger partial charge in [0.25, 0.3) is 0 Å². The molecule has 1 aromatic heterocycles. The number of aromatic nitrogens is 2. The van der Waals surface area contributed by atoms with Crippen LogP contribution < -0.4 is 4.74 Å². The first-order valence-electron chi connectivity index (χ1n) is 7.45. The SMILES string of the molecule is O=C(CN1CCOC1=O)N1CCC[C@H](Oc2ncc(F)cn2)C1. The molecular weight excluding hydrogens is 307 g/mol. The Bertz CT molecular complexity index is 583. The fraction of sp³-hybridized carbons (Fsp3) is 0.571. The fourth-order valence-corrected chi connectivity index (χ4v) is 2.60. The Hall–Kier alpha value is -2.45. The molecule has 1 aromatic rings. The van der Waals surface area contributed by atoms with Gasteiger partial charge in [0, 0.05) is 6.54 Å². The van der Waals surface area contributed by atoms with Crippen LogP contribution >= 0.6 is 0 Å². The van der Waals surface area contributed by atoms with Crippen LogP contribution in [0.5, 0.6) is 6.01 Å². The van der Waals surface area contributed by atoms with E-state index in [-0.39, 0.29) is 24.6 Å². The molecule has 2 aliphatic heterocycles. The molecule has 2 amide bonds. The number of likely N-dealkylation sites (tertiary alicyclic amines) is 1. The number of carbonyl (C=O) groups is 2. The summed E-state index contributed by atoms with van der Waals surface area (Å²) in [5, 5.41) is 0. The van der Waals surface area contributed by atoms with E-state index >= 15 is 0 Å². The fourth-order valence-electron chi connectivity index (χ4n) is 2.60. The van der Waals surface area contributed by atoms with Gasteiger partial charge in [-0.3, -0.25) is 9.69 Å². The van der Waals surface area contributed by atoms with Crippen molar-refractivity contribution in [2.24, 2.45) is 0 Å². The highest BCUT2D eigenvalue weighted by atomic mass is 19.1. The van der Waals surface area contributed by atoms with Gasteiger partial charge in [0.2, 0.25) is 5.91 Å². The van der Waals surface area contributed by atoms with Crippen molar-refractivity contribution in [1.82, 2.24) is 19.8 Å². The Morgan fingerprint density at radius 2 is 2.17 bits per heavy atom. The van der Waals surface area contributed by atoms with Crippen molar-refractivity contribution in [2.75, 3.05) is 32.8 Å². The van der Waals surface area contributed by atoms with Gasteiger partial charge in [0.15, 0.2) is 5.82 Å². The van der Waals surface area contributed by atoms with E-state index in [1.807, 2.05) is 0 Å².